The van der Waals surface area contributed by atoms with E-state index in [9.17, 15) is 4.79 Å². The second kappa shape index (κ2) is 4.90. The average Bonchev–Trinajstić information content (AvgIpc) is 2.81. The van der Waals surface area contributed by atoms with E-state index in [1.165, 1.54) is 5.39 Å². The topological polar surface area (TPSA) is 45.8 Å². The number of pyridine rings is 1. The number of rotatable bonds is 3. The zero-order valence-corrected chi connectivity index (χ0v) is 11.2. The summed E-state index contributed by atoms with van der Waals surface area (Å²) in [5.74, 6) is 0.0367. The predicted octanol–water partition coefficient (Wildman–Crippen LogP) is 3.92. The highest BCUT2D eigenvalue weighted by Crippen LogP contribution is 2.28. The Labute approximate surface area is 115 Å². The van der Waals surface area contributed by atoms with Gasteiger partial charge in [0.15, 0.2) is 5.78 Å². The zero-order chi connectivity index (χ0) is 13.2. The standard InChI is InChI=1S/C15H12N2OS/c1-10(18)12-6-7-14(16-9-12)19-15-8-11-4-2-3-5-13(11)17-15/h2-9,17H,1H3. The minimum atomic E-state index is 0.0367. The smallest absolute Gasteiger partial charge is 0.161 e. The molecule has 0 amide bonds. The lowest BCUT2D eigenvalue weighted by atomic mass is 10.2. The Balaban J connectivity index is 1.86. The van der Waals surface area contributed by atoms with Crippen molar-refractivity contribution in [3.63, 3.8) is 0 Å². The van der Waals surface area contributed by atoms with Crippen molar-refractivity contribution in [1.29, 1.82) is 0 Å². The molecule has 0 unspecified atom stereocenters. The van der Waals surface area contributed by atoms with Crippen molar-refractivity contribution in [1.82, 2.24) is 9.97 Å². The summed E-state index contributed by atoms with van der Waals surface area (Å²) in [5.41, 5.74) is 1.76. The van der Waals surface area contributed by atoms with Crippen LogP contribution in [0.3, 0.4) is 0 Å². The molecular formula is C15H12N2OS. The van der Waals surface area contributed by atoms with Crippen molar-refractivity contribution in [3.05, 3.63) is 54.2 Å². The predicted molar refractivity (Wildman–Crippen MR) is 76.7 cm³/mol. The number of benzene rings is 1. The monoisotopic (exact) mass is 268 g/mol. The van der Waals surface area contributed by atoms with E-state index < -0.39 is 0 Å². The van der Waals surface area contributed by atoms with Gasteiger partial charge in [0.2, 0.25) is 0 Å². The van der Waals surface area contributed by atoms with Crippen molar-refractivity contribution in [2.75, 3.05) is 0 Å². The van der Waals surface area contributed by atoms with Gasteiger partial charge in [-0.05, 0) is 31.2 Å². The minimum absolute atomic E-state index is 0.0367. The number of para-hydroxylation sites is 1. The number of H-pyrrole nitrogens is 1. The lowest BCUT2D eigenvalue weighted by molar-refractivity contribution is 0.101. The molecule has 2 aromatic heterocycles. The molecule has 0 saturated heterocycles. The van der Waals surface area contributed by atoms with E-state index in [1.807, 2.05) is 24.3 Å². The number of aromatic nitrogens is 2. The van der Waals surface area contributed by atoms with Crippen LogP contribution in [0.4, 0.5) is 0 Å². The first-order valence-corrected chi connectivity index (χ1v) is 6.76. The molecule has 1 N–H and O–H groups in total. The van der Waals surface area contributed by atoms with Crippen LogP contribution in [0.1, 0.15) is 17.3 Å². The molecule has 0 fully saturated rings. The lowest BCUT2D eigenvalue weighted by Crippen LogP contribution is -1.92. The minimum Gasteiger partial charge on any atom is -0.349 e. The molecule has 0 atom stereocenters. The first-order valence-electron chi connectivity index (χ1n) is 5.95. The van der Waals surface area contributed by atoms with Crippen LogP contribution < -0.4 is 0 Å². The number of nitrogens with zero attached hydrogens (tertiary/aromatic N) is 1. The number of carbonyl (C=O) groups is 1. The Morgan fingerprint density at radius 1 is 1.21 bits per heavy atom. The molecule has 0 aliphatic rings. The van der Waals surface area contributed by atoms with Crippen molar-refractivity contribution in [2.45, 2.75) is 17.0 Å². The van der Waals surface area contributed by atoms with Gasteiger partial charge in [0, 0.05) is 22.7 Å². The third-order valence-corrected chi connectivity index (χ3v) is 3.75. The second-order valence-electron chi connectivity index (χ2n) is 4.26. The number of Topliss-reactive ketones (excluding diaryl/α,β-unsaturated/α-hetero) is 1. The summed E-state index contributed by atoms with van der Waals surface area (Å²) in [5, 5.41) is 3.10. The van der Waals surface area contributed by atoms with Gasteiger partial charge >= 0.3 is 0 Å². The van der Waals surface area contributed by atoms with Gasteiger partial charge in [-0.25, -0.2) is 4.98 Å². The van der Waals surface area contributed by atoms with Crippen LogP contribution in [-0.2, 0) is 0 Å². The molecule has 2 heterocycles. The van der Waals surface area contributed by atoms with Gasteiger partial charge in [-0.15, -0.1) is 0 Å². The summed E-state index contributed by atoms with van der Waals surface area (Å²) in [4.78, 5) is 18.8. The van der Waals surface area contributed by atoms with Gasteiger partial charge < -0.3 is 4.98 Å². The molecular weight excluding hydrogens is 256 g/mol. The van der Waals surface area contributed by atoms with Crippen LogP contribution in [-0.4, -0.2) is 15.8 Å². The summed E-state index contributed by atoms with van der Waals surface area (Å²) in [6, 6.07) is 13.9. The fraction of sp³-hybridized carbons (Fsp3) is 0.0667. The van der Waals surface area contributed by atoms with Crippen molar-refractivity contribution in [2.24, 2.45) is 0 Å². The number of fused-ring (bicyclic) bond motifs is 1. The summed E-state index contributed by atoms with van der Waals surface area (Å²) in [6.45, 7) is 1.54. The van der Waals surface area contributed by atoms with Crippen LogP contribution in [0, 0.1) is 0 Å². The highest BCUT2D eigenvalue weighted by molar-refractivity contribution is 7.99. The van der Waals surface area contributed by atoms with Crippen LogP contribution in [0.2, 0.25) is 0 Å². The van der Waals surface area contributed by atoms with Crippen LogP contribution in [0.15, 0.2) is 58.7 Å². The maximum atomic E-state index is 11.2. The molecule has 0 bridgehead atoms. The molecule has 0 aliphatic heterocycles. The van der Waals surface area contributed by atoms with Gasteiger partial charge in [-0.2, -0.15) is 0 Å². The molecule has 0 saturated carbocycles. The largest absolute Gasteiger partial charge is 0.349 e. The molecule has 0 spiro atoms. The third-order valence-electron chi connectivity index (χ3n) is 2.86. The normalized spacial score (nSPS) is 10.8. The molecule has 3 aromatic rings. The van der Waals surface area contributed by atoms with Crippen LogP contribution in [0.25, 0.3) is 10.9 Å². The second-order valence-corrected chi connectivity index (χ2v) is 5.33. The fourth-order valence-electron chi connectivity index (χ4n) is 1.86. The quantitative estimate of drug-likeness (QED) is 0.732. The fourth-order valence-corrected chi connectivity index (χ4v) is 2.68. The molecule has 19 heavy (non-hydrogen) atoms. The number of aromatic amines is 1. The van der Waals surface area contributed by atoms with Gasteiger partial charge in [0.05, 0.1) is 5.03 Å². The van der Waals surface area contributed by atoms with Crippen LogP contribution in [0.5, 0.6) is 0 Å². The lowest BCUT2D eigenvalue weighted by Gasteiger charge is -1.99. The molecule has 3 rings (SSSR count). The van der Waals surface area contributed by atoms with E-state index in [-0.39, 0.29) is 5.78 Å². The molecule has 94 valence electrons. The molecule has 0 radical (unpaired) electrons. The van der Waals surface area contributed by atoms with Gasteiger partial charge in [0.1, 0.15) is 5.03 Å². The van der Waals surface area contributed by atoms with E-state index >= 15 is 0 Å². The Kier molecular flexibility index (Phi) is 3.09. The highest BCUT2D eigenvalue weighted by Gasteiger charge is 2.04. The Morgan fingerprint density at radius 3 is 2.74 bits per heavy atom. The van der Waals surface area contributed by atoms with Crippen molar-refractivity contribution in [3.8, 4) is 0 Å². The van der Waals surface area contributed by atoms with E-state index in [2.05, 4.69) is 22.1 Å². The first kappa shape index (κ1) is 12.0. The Bertz CT molecular complexity index is 698. The number of nitrogens with one attached hydrogen (secondary N) is 1. The summed E-state index contributed by atoms with van der Waals surface area (Å²) >= 11 is 1.56. The number of carbonyl (C=O) groups excluding carboxylic acids is 1. The number of hydrogen-bond acceptors (Lipinski definition) is 3. The van der Waals surface area contributed by atoms with Crippen molar-refractivity contribution >= 4 is 28.4 Å². The molecule has 0 aliphatic carbocycles. The van der Waals surface area contributed by atoms with Crippen molar-refractivity contribution < 1.29 is 4.79 Å². The van der Waals surface area contributed by atoms with Gasteiger partial charge in [-0.3, -0.25) is 4.79 Å². The summed E-state index contributed by atoms with van der Waals surface area (Å²) < 4.78 is 0. The van der Waals surface area contributed by atoms with E-state index in [0.29, 0.717) is 5.56 Å². The molecule has 4 heteroatoms. The summed E-state index contributed by atoms with van der Waals surface area (Å²) in [7, 11) is 0. The van der Waals surface area contributed by atoms with Crippen LogP contribution >= 0.6 is 11.8 Å². The van der Waals surface area contributed by atoms with E-state index in [1.54, 1.807) is 30.9 Å². The Morgan fingerprint density at radius 2 is 2.05 bits per heavy atom. The SMILES string of the molecule is CC(=O)c1ccc(Sc2cc3ccccc3[nH]2)nc1. The van der Waals surface area contributed by atoms with Gasteiger partial charge in [-0.1, -0.05) is 30.0 Å². The summed E-state index contributed by atoms with van der Waals surface area (Å²) in [6.07, 6.45) is 1.62. The van der Waals surface area contributed by atoms with E-state index in [0.717, 1.165) is 15.6 Å². The zero-order valence-electron chi connectivity index (χ0n) is 10.4. The molecule has 1 aromatic carbocycles. The maximum absolute atomic E-state index is 11.2. The Hall–Kier alpha value is -2.07. The molecule has 3 nitrogen and oxygen atoms in total. The maximum Gasteiger partial charge on any atom is 0.161 e. The number of ketones is 1. The first-order chi connectivity index (χ1) is 9.22. The van der Waals surface area contributed by atoms with E-state index in [4.69, 9.17) is 0 Å². The number of hydrogen-bond donors (Lipinski definition) is 1. The third kappa shape index (κ3) is 2.53. The highest BCUT2D eigenvalue weighted by atomic mass is 32.2. The average molecular weight is 268 g/mol. The van der Waals surface area contributed by atoms with Gasteiger partial charge in [0.25, 0.3) is 0 Å².